The van der Waals surface area contributed by atoms with Crippen molar-refractivity contribution >= 4 is 38.4 Å². The third-order valence-corrected chi connectivity index (χ3v) is 3.46. The zero-order valence-corrected chi connectivity index (χ0v) is 11.9. The van der Waals surface area contributed by atoms with Crippen LogP contribution >= 0.6 is 15.9 Å². The van der Waals surface area contributed by atoms with Crippen LogP contribution in [-0.2, 0) is 0 Å². The number of nitrogens with one attached hydrogen (secondary N) is 2. The number of hydrogen-bond donors (Lipinski definition) is 2. The summed E-state index contributed by atoms with van der Waals surface area (Å²) in [6.45, 7) is 0. The van der Waals surface area contributed by atoms with Crippen LogP contribution in [0.4, 0.5) is 10.1 Å². The van der Waals surface area contributed by atoms with Gasteiger partial charge in [0.2, 0.25) is 0 Å². The maximum atomic E-state index is 13.3. The summed E-state index contributed by atoms with van der Waals surface area (Å²) in [5.74, 6) is -0.645. The molecule has 0 unspecified atom stereocenters. The normalized spacial score (nSPS) is 10.7. The molecule has 0 saturated carbocycles. The largest absolute Gasteiger partial charge is 0.360 e. The third-order valence-electron chi connectivity index (χ3n) is 2.97. The Morgan fingerprint density at radius 1 is 1.20 bits per heavy atom. The van der Waals surface area contributed by atoms with Crippen molar-refractivity contribution in [2.45, 2.75) is 0 Å². The number of fused-ring (bicyclic) bond motifs is 1. The van der Waals surface area contributed by atoms with Gasteiger partial charge in [-0.25, -0.2) is 4.39 Å². The van der Waals surface area contributed by atoms with Crippen LogP contribution < -0.4 is 5.32 Å². The Morgan fingerprint density at radius 2 is 2.05 bits per heavy atom. The number of carbonyl (C=O) groups is 1. The first-order valence-corrected chi connectivity index (χ1v) is 6.76. The topological polar surface area (TPSA) is 44.9 Å². The van der Waals surface area contributed by atoms with Crippen molar-refractivity contribution < 1.29 is 9.18 Å². The van der Waals surface area contributed by atoms with Gasteiger partial charge in [-0.2, -0.15) is 0 Å². The lowest BCUT2D eigenvalue weighted by molar-refractivity contribution is 0.102. The van der Waals surface area contributed by atoms with Gasteiger partial charge in [0.05, 0.1) is 5.56 Å². The fourth-order valence-electron chi connectivity index (χ4n) is 2.05. The molecule has 1 amide bonds. The minimum atomic E-state index is -0.367. The maximum Gasteiger partial charge on any atom is 0.257 e. The molecular formula is C15H10BrFN2O. The molecule has 2 N–H and O–H groups in total. The second-order valence-corrected chi connectivity index (χ2v) is 5.27. The number of H-pyrrole nitrogens is 1. The van der Waals surface area contributed by atoms with Crippen LogP contribution in [0.15, 0.2) is 53.1 Å². The smallest absolute Gasteiger partial charge is 0.257 e. The monoisotopic (exact) mass is 332 g/mol. The molecule has 3 rings (SSSR count). The summed E-state index contributed by atoms with van der Waals surface area (Å²) in [6, 6.07) is 11.6. The first-order valence-electron chi connectivity index (χ1n) is 5.97. The van der Waals surface area contributed by atoms with Crippen LogP contribution in [0.5, 0.6) is 0 Å². The summed E-state index contributed by atoms with van der Waals surface area (Å²) in [5, 5.41) is 3.35. The second-order valence-electron chi connectivity index (χ2n) is 4.36. The zero-order valence-electron chi connectivity index (χ0n) is 10.3. The molecule has 0 bridgehead atoms. The van der Waals surface area contributed by atoms with Crippen LogP contribution in [0.25, 0.3) is 10.9 Å². The zero-order chi connectivity index (χ0) is 14.1. The van der Waals surface area contributed by atoms with Crippen LogP contribution in [0.1, 0.15) is 10.4 Å². The van der Waals surface area contributed by atoms with Crippen molar-refractivity contribution in [3.05, 3.63) is 64.5 Å². The van der Waals surface area contributed by atoms with E-state index in [1.165, 1.54) is 12.1 Å². The Bertz CT molecular complexity index is 797. The van der Waals surface area contributed by atoms with E-state index in [9.17, 15) is 9.18 Å². The molecule has 3 aromatic rings. The van der Waals surface area contributed by atoms with E-state index >= 15 is 0 Å². The molecule has 2 aromatic carbocycles. The van der Waals surface area contributed by atoms with E-state index in [0.717, 1.165) is 9.99 Å². The molecule has 0 radical (unpaired) electrons. The van der Waals surface area contributed by atoms with Gasteiger partial charge in [-0.3, -0.25) is 4.79 Å². The van der Waals surface area contributed by atoms with E-state index in [0.29, 0.717) is 16.6 Å². The SMILES string of the molecule is O=C(Nc1cccc(Br)c1)c1c[nH]c2ccc(F)cc12. The lowest BCUT2D eigenvalue weighted by atomic mass is 10.1. The molecule has 0 atom stereocenters. The van der Waals surface area contributed by atoms with Crippen molar-refractivity contribution in [2.24, 2.45) is 0 Å². The summed E-state index contributed by atoms with van der Waals surface area (Å²) < 4.78 is 14.2. The molecule has 1 heterocycles. The van der Waals surface area contributed by atoms with Crippen molar-refractivity contribution in [3.8, 4) is 0 Å². The minimum absolute atomic E-state index is 0.278. The van der Waals surface area contributed by atoms with Crippen molar-refractivity contribution in [1.82, 2.24) is 4.98 Å². The van der Waals surface area contributed by atoms with Gasteiger partial charge in [0.1, 0.15) is 5.82 Å². The van der Waals surface area contributed by atoms with Crippen molar-refractivity contribution in [2.75, 3.05) is 5.32 Å². The van der Waals surface area contributed by atoms with Gasteiger partial charge in [-0.05, 0) is 36.4 Å². The predicted octanol–water partition coefficient (Wildman–Crippen LogP) is 4.32. The molecule has 100 valence electrons. The number of amides is 1. The predicted molar refractivity (Wildman–Crippen MR) is 80.4 cm³/mol. The fraction of sp³-hybridized carbons (Fsp3) is 0. The Labute approximate surface area is 122 Å². The second kappa shape index (κ2) is 5.09. The van der Waals surface area contributed by atoms with Gasteiger partial charge >= 0.3 is 0 Å². The third kappa shape index (κ3) is 2.44. The van der Waals surface area contributed by atoms with Crippen molar-refractivity contribution in [3.63, 3.8) is 0 Å². The summed E-state index contributed by atoms with van der Waals surface area (Å²) in [5.41, 5.74) is 1.82. The maximum absolute atomic E-state index is 13.3. The van der Waals surface area contributed by atoms with Crippen LogP contribution in [-0.4, -0.2) is 10.9 Å². The summed E-state index contributed by atoms with van der Waals surface area (Å²) in [6.07, 6.45) is 1.58. The molecule has 0 aliphatic rings. The molecule has 1 aromatic heterocycles. The van der Waals surface area contributed by atoms with E-state index in [1.807, 2.05) is 12.1 Å². The van der Waals surface area contributed by atoms with Gasteiger partial charge in [-0.15, -0.1) is 0 Å². The molecule has 3 nitrogen and oxygen atoms in total. The van der Waals surface area contributed by atoms with Gasteiger partial charge in [0.25, 0.3) is 5.91 Å². The number of hydrogen-bond acceptors (Lipinski definition) is 1. The van der Waals surface area contributed by atoms with E-state index in [4.69, 9.17) is 0 Å². The van der Waals surface area contributed by atoms with E-state index in [1.54, 1.807) is 24.4 Å². The number of aromatic amines is 1. The molecule has 0 fully saturated rings. The van der Waals surface area contributed by atoms with Gasteiger partial charge in [0, 0.05) is 27.3 Å². The molecule has 0 aliphatic heterocycles. The Morgan fingerprint density at radius 3 is 2.85 bits per heavy atom. The molecule has 0 aliphatic carbocycles. The highest BCUT2D eigenvalue weighted by atomic mass is 79.9. The number of rotatable bonds is 2. The summed E-state index contributed by atoms with van der Waals surface area (Å²) in [7, 11) is 0. The molecule has 0 saturated heterocycles. The summed E-state index contributed by atoms with van der Waals surface area (Å²) in [4.78, 5) is 15.2. The van der Waals surface area contributed by atoms with Gasteiger partial charge < -0.3 is 10.3 Å². The standard InChI is InChI=1S/C15H10BrFN2O/c16-9-2-1-3-11(6-9)19-15(20)13-8-18-14-5-4-10(17)7-12(13)14/h1-8,18H,(H,19,20). The average molecular weight is 333 g/mol. The fourth-order valence-corrected chi connectivity index (χ4v) is 2.44. The van der Waals surface area contributed by atoms with Crippen molar-refractivity contribution in [1.29, 1.82) is 0 Å². The number of halogens is 2. The quantitative estimate of drug-likeness (QED) is 0.721. The molecule has 5 heteroatoms. The summed E-state index contributed by atoms with van der Waals surface area (Å²) >= 11 is 3.34. The lowest BCUT2D eigenvalue weighted by Gasteiger charge is -2.04. The molecule has 20 heavy (non-hydrogen) atoms. The molecular weight excluding hydrogens is 323 g/mol. The van der Waals surface area contributed by atoms with E-state index in [-0.39, 0.29) is 11.7 Å². The minimum Gasteiger partial charge on any atom is -0.360 e. The van der Waals surface area contributed by atoms with Gasteiger partial charge in [-0.1, -0.05) is 22.0 Å². The van der Waals surface area contributed by atoms with Crippen LogP contribution in [0.3, 0.4) is 0 Å². The van der Waals surface area contributed by atoms with E-state index in [2.05, 4.69) is 26.2 Å². The van der Waals surface area contributed by atoms with E-state index < -0.39 is 0 Å². The van der Waals surface area contributed by atoms with Gasteiger partial charge in [0.15, 0.2) is 0 Å². The first kappa shape index (κ1) is 12.9. The number of aromatic nitrogens is 1. The average Bonchev–Trinajstić information content (AvgIpc) is 2.81. The number of anilines is 1. The first-order chi connectivity index (χ1) is 9.63. The number of benzene rings is 2. The van der Waals surface area contributed by atoms with Crippen LogP contribution in [0, 0.1) is 5.82 Å². The highest BCUT2D eigenvalue weighted by molar-refractivity contribution is 9.10. The Balaban J connectivity index is 1.94. The lowest BCUT2D eigenvalue weighted by Crippen LogP contribution is -2.11. The Hall–Kier alpha value is -2.14. The molecule has 0 spiro atoms. The highest BCUT2D eigenvalue weighted by Gasteiger charge is 2.12. The highest BCUT2D eigenvalue weighted by Crippen LogP contribution is 2.21. The number of carbonyl (C=O) groups excluding carboxylic acids is 1. The van der Waals surface area contributed by atoms with Crippen LogP contribution in [0.2, 0.25) is 0 Å². The Kier molecular flexibility index (Phi) is 3.28.